The molecule has 2 aromatic heterocycles. The highest BCUT2D eigenvalue weighted by atomic mass is 35.5. The number of hydrogen-bond acceptors (Lipinski definition) is 4. The molecule has 0 atom stereocenters. The van der Waals surface area contributed by atoms with Crippen LogP contribution >= 0.6 is 11.6 Å². The van der Waals surface area contributed by atoms with E-state index in [0.717, 1.165) is 59.6 Å². The van der Waals surface area contributed by atoms with Gasteiger partial charge in [0.1, 0.15) is 16.9 Å². The maximum Gasteiger partial charge on any atom is 0.235 e. The van der Waals surface area contributed by atoms with Crippen LogP contribution in [0.5, 0.6) is 11.5 Å². The van der Waals surface area contributed by atoms with Crippen molar-refractivity contribution in [3.05, 3.63) is 84.3 Å². The second kappa shape index (κ2) is 9.51. The maximum absolute atomic E-state index is 13.0. The highest BCUT2D eigenvalue weighted by Gasteiger charge is 2.30. The number of fused-ring (bicyclic) bond motifs is 2. The molecule has 0 unspecified atom stereocenters. The first kappa shape index (κ1) is 22.4. The molecule has 180 valence electrons. The van der Waals surface area contributed by atoms with Crippen molar-refractivity contribution in [3.63, 3.8) is 0 Å². The second-order valence-electron chi connectivity index (χ2n) is 9.00. The molecule has 3 aromatic carbocycles. The summed E-state index contributed by atoms with van der Waals surface area (Å²) in [6.45, 7) is 1.50. The van der Waals surface area contributed by atoms with E-state index in [1.54, 1.807) is 12.5 Å². The van der Waals surface area contributed by atoms with Crippen LogP contribution in [0, 0.1) is 5.92 Å². The van der Waals surface area contributed by atoms with Gasteiger partial charge < -0.3 is 15.0 Å². The van der Waals surface area contributed by atoms with Gasteiger partial charge in [-0.3, -0.25) is 9.69 Å². The largest absolute Gasteiger partial charge is 0.457 e. The number of benzene rings is 3. The van der Waals surface area contributed by atoms with Crippen LogP contribution in [0.3, 0.4) is 0 Å². The molecule has 3 N–H and O–H groups in total. The fraction of sp³-hybridized carbons (Fsp3) is 0.179. The summed E-state index contributed by atoms with van der Waals surface area (Å²) in [7, 11) is 0. The van der Waals surface area contributed by atoms with Crippen LogP contribution in [0.25, 0.3) is 21.8 Å². The lowest BCUT2D eigenvalue weighted by molar-refractivity contribution is -0.367. The lowest BCUT2D eigenvalue weighted by Gasteiger charge is -2.28. The lowest BCUT2D eigenvalue weighted by Crippen LogP contribution is -2.40. The third-order valence-electron chi connectivity index (χ3n) is 6.68. The van der Waals surface area contributed by atoms with Crippen molar-refractivity contribution in [1.29, 1.82) is 0 Å². The number of hydrogen-bond donors (Lipinski definition) is 2. The van der Waals surface area contributed by atoms with E-state index in [2.05, 4.69) is 37.3 Å². The molecule has 7 nitrogen and oxygen atoms in total. The Labute approximate surface area is 213 Å². The number of H-pyrrole nitrogens is 2. The zero-order valence-corrected chi connectivity index (χ0v) is 20.3. The van der Waals surface area contributed by atoms with Crippen LogP contribution in [0.2, 0.25) is 5.02 Å². The number of carbonyl (C=O) groups is 1. The van der Waals surface area contributed by atoms with Crippen molar-refractivity contribution >= 4 is 50.8 Å². The summed E-state index contributed by atoms with van der Waals surface area (Å²) < 4.78 is 6.08. The van der Waals surface area contributed by atoms with Crippen molar-refractivity contribution in [2.45, 2.75) is 12.8 Å². The summed E-state index contributed by atoms with van der Waals surface area (Å²) in [4.78, 5) is 25.9. The Morgan fingerprint density at radius 1 is 1.03 bits per heavy atom. The summed E-state index contributed by atoms with van der Waals surface area (Å²) in [5, 5.41) is 6.88. The number of ether oxygens (including phenoxy) is 1. The summed E-state index contributed by atoms with van der Waals surface area (Å²) in [6.07, 6.45) is 4.91. The lowest BCUT2D eigenvalue weighted by atomic mass is 9.95. The average Bonchev–Trinajstić information content (AvgIpc) is 3.30. The van der Waals surface area contributed by atoms with Gasteiger partial charge in [0.15, 0.2) is 0 Å². The van der Waals surface area contributed by atoms with Crippen LogP contribution in [0.15, 0.2) is 79.3 Å². The zero-order valence-electron chi connectivity index (χ0n) is 19.5. The van der Waals surface area contributed by atoms with Gasteiger partial charge in [-0.2, -0.15) is 0 Å². The first-order chi connectivity index (χ1) is 17.6. The third kappa shape index (κ3) is 4.45. The molecule has 1 saturated heterocycles. The van der Waals surface area contributed by atoms with Gasteiger partial charge in [0.25, 0.3) is 0 Å². The molecule has 0 bridgehead atoms. The van der Waals surface area contributed by atoms with Gasteiger partial charge in [-0.25, -0.2) is 4.98 Å². The van der Waals surface area contributed by atoms with Gasteiger partial charge in [-0.15, -0.1) is 0 Å². The fourth-order valence-electron chi connectivity index (χ4n) is 4.81. The van der Waals surface area contributed by atoms with Gasteiger partial charge in [-0.05, 0) is 47.9 Å². The molecular formula is C28H25ClN5O2+. The number of amides is 1. The second-order valence-corrected chi connectivity index (χ2v) is 9.41. The van der Waals surface area contributed by atoms with Crippen molar-refractivity contribution in [2.24, 2.45) is 5.92 Å². The number of piperidine rings is 1. The Hall–Kier alpha value is -4.10. The van der Waals surface area contributed by atoms with Gasteiger partial charge >= 0.3 is 0 Å². The van der Waals surface area contributed by atoms with Crippen molar-refractivity contribution in [1.82, 2.24) is 9.97 Å². The Morgan fingerprint density at radius 2 is 1.83 bits per heavy atom. The van der Waals surface area contributed by atoms with E-state index in [4.69, 9.17) is 16.3 Å². The number of halogens is 1. The molecule has 0 spiro atoms. The Bertz CT molecular complexity index is 1560. The minimum Gasteiger partial charge on any atom is -0.457 e. The van der Waals surface area contributed by atoms with Gasteiger partial charge in [0.05, 0.1) is 18.1 Å². The summed E-state index contributed by atoms with van der Waals surface area (Å²) >= 11 is 6.36. The van der Waals surface area contributed by atoms with E-state index < -0.39 is 0 Å². The standard InChI is InChI=1S/C28H24ClN5O2/c29-24-16-30-26-25(24)27(32-17-31-26)34-12-10-19(11-13-34)28(35)33-21-6-3-7-22(15-21)36-23-9-8-18-4-1-2-5-20(18)14-23/h1-9,14-17,19H,10-13H2,(H,33,35)(H,30,31,32)/p+1. The van der Waals surface area contributed by atoms with Crippen LogP contribution in [0.4, 0.5) is 11.5 Å². The van der Waals surface area contributed by atoms with Gasteiger partial charge in [-0.1, -0.05) is 53.0 Å². The molecule has 1 amide bonds. The molecule has 3 heterocycles. The van der Waals surface area contributed by atoms with E-state index in [0.29, 0.717) is 10.8 Å². The molecule has 1 aliphatic rings. The third-order valence-corrected chi connectivity index (χ3v) is 6.98. The molecule has 0 saturated carbocycles. The molecule has 0 radical (unpaired) electrons. The molecular weight excluding hydrogens is 474 g/mol. The monoisotopic (exact) mass is 498 g/mol. The van der Waals surface area contributed by atoms with Crippen LogP contribution < -0.4 is 19.9 Å². The normalized spacial score (nSPS) is 14.3. The number of aromatic nitrogens is 3. The van der Waals surface area contributed by atoms with E-state index in [9.17, 15) is 4.79 Å². The topological polar surface area (TPSA) is 84.4 Å². The average molecular weight is 499 g/mol. The number of nitrogens with one attached hydrogen (secondary N) is 3. The minimum atomic E-state index is -0.0645. The Kier molecular flexibility index (Phi) is 5.91. The number of carbonyl (C=O) groups excluding carboxylic acids is 1. The fourth-order valence-corrected chi connectivity index (χ4v) is 5.04. The number of anilines is 2. The highest BCUT2D eigenvalue weighted by molar-refractivity contribution is 6.36. The predicted molar refractivity (Wildman–Crippen MR) is 142 cm³/mol. The maximum atomic E-state index is 13.0. The van der Waals surface area contributed by atoms with Gasteiger partial charge in [0.2, 0.25) is 23.7 Å². The number of nitrogens with zero attached hydrogens (tertiary/aromatic N) is 2. The summed E-state index contributed by atoms with van der Waals surface area (Å²) in [6, 6.07) is 21.7. The van der Waals surface area contributed by atoms with Crippen LogP contribution in [-0.2, 0) is 4.79 Å². The number of aromatic amines is 2. The Balaban J connectivity index is 1.10. The first-order valence-corrected chi connectivity index (χ1v) is 12.4. The SMILES string of the molecule is O=C(Nc1cccc(Oc2ccc3ccccc3c2)c1)C1CCN(c2[nH+]cnc3[nH]cc(Cl)c23)CC1. The molecule has 36 heavy (non-hydrogen) atoms. The molecule has 0 aliphatic carbocycles. The molecule has 1 fully saturated rings. The smallest absolute Gasteiger partial charge is 0.235 e. The van der Waals surface area contributed by atoms with E-state index in [1.165, 1.54) is 5.39 Å². The Morgan fingerprint density at radius 3 is 2.69 bits per heavy atom. The summed E-state index contributed by atoms with van der Waals surface area (Å²) in [5.74, 6) is 2.34. The summed E-state index contributed by atoms with van der Waals surface area (Å²) in [5.41, 5.74) is 1.48. The molecule has 5 aromatic rings. The predicted octanol–water partition coefficient (Wildman–Crippen LogP) is 5.83. The van der Waals surface area contributed by atoms with E-state index in [1.807, 2.05) is 54.6 Å². The van der Waals surface area contributed by atoms with E-state index >= 15 is 0 Å². The highest BCUT2D eigenvalue weighted by Crippen LogP contribution is 2.31. The molecule has 6 rings (SSSR count). The van der Waals surface area contributed by atoms with Crippen LogP contribution in [0.1, 0.15) is 12.8 Å². The molecule has 8 heteroatoms. The van der Waals surface area contributed by atoms with Crippen molar-refractivity contribution < 1.29 is 14.5 Å². The first-order valence-electron chi connectivity index (χ1n) is 12.0. The quantitative estimate of drug-likeness (QED) is 0.319. The number of rotatable bonds is 5. The zero-order chi connectivity index (χ0) is 24.5. The van der Waals surface area contributed by atoms with Crippen molar-refractivity contribution in [2.75, 3.05) is 23.3 Å². The minimum absolute atomic E-state index is 0.0287. The van der Waals surface area contributed by atoms with Crippen molar-refractivity contribution in [3.8, 4) is 11.5 Å². The molecule has 1 aliphatic heterocycles. The van der Waals surface area contributed by atoms with E-state index in [-0.39, 0.29) is 11.8 Å². The van der Waals surface area contributed by atoms with Crippen LogP contribution in [-0.4, -0.2) is 29.0 Å². The van der Waals surface area contributed by atoms with Gasteiger partial charge in [0, 0.05) is 23.9 Å².